The number of hydrazone groups is 2. The first-order valence-electron chi connectivity index (χ1n) is 10.7. The van der Waals surface area contributed by atoms with E-state index >= 15 is 0 Å². The zero-order chi connectivity index (χ0) is 25.9. The van der Waals surface area contributed by atoms with E-state index in [0.29, 0.717) is 11.5 Å². The monoisotopic (exact) mass is 560 g/mol. The Morgan fingerprint density at radius 2 is 1.11 bits per heavy atom. The number of hydrogen-bond donors (Lipinski definition) is 1. The van der Waals surface area contributed by atoms with E-state index in [1.807, 2.05) is 48.5 Å². The summed E-state index contributed by atoms with van der Waals surface area (Å²) in [5, 5.41) is 17.9. The van der Waals surface area contributed by atoms with Gasteiger partial charge in [-0.25, -0.2) is 0 Å². The number of methoxy groups -OCH3 is 1. The Morgan fingerprint density at radius 1 is 0.722 bits per heavy atom. The van der Waals surface area contributed by atoms with E-state index in [-0.39, 0.29) is 6.61 Å². The molecule has 0 aliphatic carbocycles. The van der Waals surface area contributed by atoms with Crippen molar-refractivity contribution in [1.82, 2.24) is 9.56 Å². The molecule has 8 nitrogen and oxygen atoms in total. The standard InChI is InChI=1S/C24H26N4O4P2S2/c1-27(25-16-19-4-10-22(30-3)11-5-19)33(35)31-23-12-6-20(7-13-23)17-26-28(2)34(36)32-24-14-8-21(18-29)9-15-24/h4-17,29H,18H2,1-3H3/q+2/b25-16+,26-17+. The lowest BCUT2D eigenvalue weighted by Crippen LogP contribution is -2.04. The Labute approximate surface area is 222 Å². The number of ether oxygens (including phenoxy) is 1. The predicted octanol–water partition coefficient (Wildman–Crippen LogP) is 5.42. The number of hydrogen-bond acceptors (Lipinski definition) is 8. The van der Waals surface area contributed by atoms with E-state index in [2.05, 4.69) is 10.2 Å². The summed E-state index contributed by atoms with van der Waals surface area (Å²) < 4.78 is 20.0. The smallest absolute Gasteiger partial charge is 0.497 e. The van der Waals surface area contributed by atoms with Crippen LogP contribution in [0.25, 0.3) is 0 Å². The molecule has 0 aliphatic rings. The highest BCUT2D eigenvalue weighted by atomic mass is 32.4. The molecular weight excluding hydrogens is 534 g/mol. The van der Waals surface area contributed by atoms with Gasteiger partial charge in [0.1, 0.15) is 5.75 Å². The fraction of sp³-hybridized carbons (Fsp3) is 0.167. The van der Waals surface area contributed by atoms with Gasteiger partial charge in [0, 0.05) is 0 Å². The molecule has 0 radical (unpaired) electrons. The van der Waals surface area contributed by atoms with Gasteiger partial charge in [-0.1, -0.05) is 21.7 Å². The van der Waals surface area contributed by atoms with Crippen molar-refractivity contribution in [2.75, 3.05) is 21.2 Å². The normalized spacial score (nSPS) is 11.9. The summed E-state index contributed by atoms with van der Waals surface area (Å²) in [7, 11) is 2.42. The minimum Gasteiger partial charge on any atom is -0.497 e. The SMILES string of the molecule is COc1ccc(/C=N/N(C)[P+](=S)Oc2ccc(/C=N/N(C)[P+](=S)Oc3ccc(CO)cc3)cc2)cc1. The van der Waals surface area contributed by atoms with Crippen molar-refractivity contribution in [2.24, 2.45) is 10.2 Å². The Bertz CT molecular complexity index is 1220. The van der Waals surface area contributed by atoms with Gasteiger partial charge >= 0.3 is 14.1 Å². The summed E-state index contributed by atoms with van der Waals surface area (Å²) in [5.41, 5.74) is 2.62. The molecule has 0 aliphatic heterocycles. The number of benzene rings is 3. The molecule has 2 unspecified atom stereocenters. The number of aliphatic hydroxyl groups excluding tert-OH is 1. The van der Waals surface area contributed by atoms with Crippen LogP contribution in [-0.2, 0) is 30.2 Å². The zero-order valence-electron chi connectivity index (χ0n) is 20.0. The number of nitrogens with zero attached hydrogens (tertiary/aromatic N) is 4. The van der Waals surface area contributed by atoms with Gasteiger partial charge in [-0.3, -0.25) is 9.05 Å². The fourth-order valence-corrected chi connectivity index (χ4v) is 4.53. The van der Waals surface area contributed by atoms with Gasteiger partial charge < -0.3 is 9.84 Å². The molecule has 0 heterocycles. The van der Waals surface area contributed by atoms with Crippen molar-refractivity contribution in [2.45, 2.75) is 6.61 Å². The summed E-state index contributed by atoms with van der Waals surface area (Å²) >= 11 is 10.9. The number of aliphatic hydroxyl groups is 1. The molecule has 0 bridgehead atoms. The van der Waals surface area contributed by atoms with E-state index in [9.17, 15) is 0 Å². The van der Waals surface area contributed by atoms with Crippen LogP contribution in [-0.4, -0.2) is 48.3 Å². The summed E-state index contributed by atoms with van der Waals surface area (Å²) in [6.45, 7) is -0.0136. The Morgan fingerprint density at radius 3 is 1.50 bits per heavy atom. The van der Waals surface area contributed by atoms with Crippen LogP contribution < -0.4 is 13.8 Å². The van der Waals surface area contributed by atoms with Crippen LogP contribution >= 0.6 is 14.1 Å². The zero-order valence-corrected chi connectivity index (χ0v) is 23.4. The molecule has 0 saturated heterocycles. The van der Waals surface area contributed by atoms with Gasteiger partial charge in [0.25, 0.3) is 0 Å². The predicted molar refractivity (Wildman–Crippen MR) is 152 cm³/mol. The molecule has 0 fully saturated rings. The lowest BCUT2D eigenvalue weighted by molar-refractivity contribution is 0.282. The summed E-state index contributed by atoms with van der Waals surface area (Å²) in [4.78, 5) is 0. The largest absolute Gasteiger partial charge is 0.540 e. The molecule has 3 aromatic rings. The molecule has 0 amide bonds. The highest BCUT2D eigenvalue weighted by molar-refractivity contribution is 8.02. The third-order valence-corrected chi connectivity index (χ3v) is 8.44. The van der Waals surface area contributed by atoms with Crippen LogP contribution in [0.4, 0.5) is 0 Å². The Hall–Kier alpha value is -3.00. The molecule has 12 heteroatoms. The molecule has 0 spiro atoms. The van der Waals surface area contributed by atoms with Crippen LogP contribution in [0.2, 0.25) is 0 Å². The first-order valence-corrected chi connectivity index (χ1v) is 15.1. The van der Waals surface area contributed by atoms with Crippen molar-refractivity contribution >= 4 is 50.2 Å². The molecule has 3 rings (SSSR count). The second-order valence-electron chi connectivity index (χ2n) is 7.27. The Balaban J connectivity index is 1.50. The average Bonchev–Trinajstić information content (AvgIpc) is 2.91. The summed E-state index contributed by atoms with van der Waals surface area (Å²) in [5.74, 6) is 2.07. The quantitative estimate of drug-likeness (QED) is 0.179. The minimum atomic E-state index is -1.38. The first-order chi connectivity index (χ1) is 17.4. The molecule has 1 N–H and O–H groups in total. The molecule has 3 aromatic carbocycles. The molecule has 36 heavy (non-hydrogen) atoms. The highest BCUT2D eigenvalue weighted by Crippen LogP contribution is 2.32. The van der Waals surface area contributed by atoms with Crippen LogP contribution in [0.3, 0.4) is 0 Å². The number of rotatable bonds is 12. The highest BCUT2D eigenvalue weighted by Gasteiger charge is 2.21. The van der Waals surface area contributed by atoms with E-state index < -0.39 is 14.1 Å². The Kier molecular flexibility index (Phi) is 10.7. The first kappa shape index (κ1) is 27.6. The average molecular weight is 561 g/mol. The third kappa shape index (κ3) is 8.59. The lowest BCUT2D eigenvalue weighted by atomic mass is 10.2. The lowest BCUT2D eigenvalue weighted by Gasteiger charge is -2.04. The van der Waals surface area contributed by atoms with E-state index in [1.54, 1.807) is 67.5 Å². The molecular formula is C24H26N4O4P2S2+2. The third-order valence-electron chi connectivity index (χ3n) is 4.69. The minimum absolute atomic E-state index is 0.0136. The maximum Gasteiger partial charge on any atom is 0.540 e. The summed E-state index contributed by atoms with van der Waals surface area (Å²) in [6.07, 6.45) is 3.42. The molecule has 2 atom stereocenters. The van der Waals surface area contributed by atoms with E-state index in [0.717, 1.165) is 22.4 Å². The van der Waals surface area contributed by atoms with Gasteiger partial charge in [-0.15, -0.1) is 10.2 Å². The van der Waals surface area contributed by atoms with Gasteiger partial charge in [0.15, 0.2) is 11.5 Å². The maximum absolute atomic E-state index is 9.13. The van der Waals surface area contributed by atoms with Crippen LogP contribution in [0.15, 0.2) is 83.0 Å². The van der Waals surface area contributed by atoms with Crippen molar-refractivity contribution in [3.8, 4) is 17.2 Å². The van der Waals surface area contributed by atoms with Crippen molar-refractivity contribution in [3.05, 3.63) is 89.5 Å². The van der Waals surface area contributed by atoms with Crippen LogP contribution in [0.1, 0.15) is 16.7 Å². The van der Waals surface area contributed by atoms with Gasteiger partial charge in [-0.05, 0) is 77.4 Å². The second kappa shape index (κ2) is 13.9. The van der Waals surface area contributed by atoms with Gasteiger partial charge in [0.2, 0.25) is 23.6 Å². The topological polar surface area (TPSA) is 79.1 Å². The molecule has 0 saturated carbocycles. The van der Waals surface area contributed by atoms with Crippen molar-refractivity contribution < 1.29 is 18.9 Å². The van der Waals surface area contributed by atoms with Gasteiger partial charge in [0.05, 0.1) is 40.2 Å². The van der Waals surface area contributed by atoms with E-state index in [1.165, 1.54) is 0 Å². The van der Waals surface area contributed by atoms with Gasteiger partial charge in [-0.2, -0.15) is 0 Å². The van der Waals surface area contributed by atoms with Crippen LogP contribution in [0.5, 0.6) is 17.2 Å². The molecule has 186 valence electrons. The fourth-order valence-electron chi connectivity index (χ4n) is 2.64. The van der Waals surface area contributed by atoms with Crippen LogP contribution in [0, 0.1) is 0 Å². The van der Waals surface area contributed by atoms with Crippen molar-refractivity contribution in [3.63, 3.8) is 0 Å². The second-order valence-corrected chi connectivity index (χ2v) is 11.6. The van der Waals surface area contributed by atoms with E-state index in [4.69, 9.17) is 42.5 Å². The summed E-state index contributed by atoms with van der Waals surface area (Å²) in [6, 6.07) is 22.1. The molecule has 0 aromatic heterocycles. The van der Waals surface area contributed by atoms with Crippen molar-refractivity contribution in [1.29, 1.82) is 0 Å². The maximum atomic E-state index is 9.13.